The molecule has 4 aromatic heterocycles. The van der Waals surface area contributed by atoms with Crippen LogP contribution in [0.5, 0.6) is 0 Å². The fraction of sp³-hybridized carbons (Fsp3) is 0.0952. The fourth-order valence-corrected chi connectivity index (χ4v) is 3.45. The summed E-state index contributed by atoms with van der Waals surface area (Å²) in [5, 5.41) is 8.30. The maximum atomic E-state index is 12.7. The maximum Gasteiger partial charge on any atom is 0.272 e. The number of imidazole rings is 1. The molecule has 28 heavy (non-hydrogen) atoms. The summed E-state index contributed by atoms with van der Waals surface area (Å²) < 4.78 is 5.63. The molecular formula is C21H18N6O. The van der Waals surface area contributed by atoms with Crippen molar-refractivity contribution in [3.8, 4) is 0 Å². The number of aromatic nitrogens is 5. The Labute approximate surface area is 160 Å². The fourth-order valence-electron chi connectivity index (χ4n) is 3.45. The number of pyridine rings is 1. The van der Waals surface area contributed by atoms with Crippen LogP contribution >= 0.6 is 0 Å². The normalized spacial score (nSPS) is 11.3. The molecule has 0 radical (unpaired) electrons. The molecule has 0 aliphatic heterocycles. The number of carbonyl (C=O) groups is 1. The van der Waals surface area contributed by atoms with Crippen molar-refractivity contribution in [3.05, 3.63) is 84.7 Å². The molecule has 0 fully saturated rings. The molecule has 0 spiro atoms. The second kappa shape index (κ2) is 6.38. The molecule has 5 aromatic rings. The van der Waals surface area contributed by atoms with Gasteiger partial charge in [0, 0.05) is 36.5 Å². The number of amides is 1. The van der Waals surface area contributed by atoms with Crippen LogP contribution in [0.4, 0.5) is 5.69 Å². The van der Waals surface area contributed by atoms with Crippen LogP contribution in [0.15, 0.2) is 73.3 Å². The predicted octanol–water partition coefficient (Wildman–Crippen LogP) is 3.32. The van der Waals surface area contributed by atoms with Crippen LogP contribution in [0, 0.1) is 0 Å². The largest absolute Gasteiger partial charge is 0.340 e. The lowest BCUT2D eigenvalue weighted by Crippen LogP contribution is -2.15. The molecule has 1 aromatic carbocycles. The van der Waals surface area contributed by atoms with Crippen molar-refractivity contribution in [3.63, 3.8) is 0 Å². The van der Waals surface area contributed by atoms with Gasteiger partial charge < -0.3 is 14.3 Å². The second-order valence-corrected chi connectivity index (χ2v) is 6.73. The Hall–Kier alpha value is -3.87. The molecule has 0 aliphatic carbocycles. The summed E-state index contributed by atoms with van der Waals surface area (Å²) in [5.41, 5.74) is 4.08. The van der Waals surface area contributed by atoms with Gasteiger partial charge in [0.05, 0.1) is 24.1 Å². The molecule has 0 saturated carbocycles. The Morgan fingerprint density at radius 3 is 2.82 bits per heavy atom. The Morgan fingerprint density at radius 2 is 1.96 bits per heavy atom. The topological polar surface area (TPSA) is 69.2 Å². The maximum absolute atomic E-state index is 12.7. The molecule has 1 N–H and O–H groups in total. The molecule has 7 nitrogen and oxygen atoms in total. The smallest absolute Gasteiger partial charge is 0.272 e. The van der Waals surface area contributed by atoms with Gasteiger partial charge in [0.1, 0.15) is 11.3 Å². The predicted molar refractivity (Wildman–Crippen MR) is 107 cm³/mol. The summed E-state index contributed by atoms with van der Waals surface area (Å²) in [6, 6.07) is 15.7. The van der Waals surface area contributed by atoms with Crippen molar-refractivity contribution in [2.24, 2.45) is 7.05 Å². The van der Waals surface area contributed by atoms with Gasteiger partial charge in [0.2, 0.25) is 0 Å². The molecule has 7 heteroatoms. The number of para-hydroxylation sites is 1. The number of fused-ring (bicyclic) bond motifs is 2. The summed E-state index contributed by atoms with van der Waals surface area (Å²) in [4.78, 5) is 17.3. The van der Waals surface area contributed by atoms with Gasteiger partial charge in [-0.15, -0.1) is 0 Å². The highest BCUT2D eigenvalue weighted by atomic mass is 16.2. The Balaban J connectivity index is 1.34. The van der Waals surface area contributed by atoms with Gasteiger partial charge in [-0.05, 0) is 24.3 Å². The quantitative estimate of drug-likeness (QED) is 0.528. The monoisotopic (exact) mass is 370 g/mol. The summed E-state index contributed by atoms with van der Waals surface area (Å²) in [6.07, 6.45) is 7.40. The average Bonchev–Trinajstić information content (AvgIpc) is 3.39. The number of nitrogens with zero attached hydrogens (tertiary/aromatic N) is 5. The van der Waals surface area contributed by atoms with E-state index in [-0.39, 0.29) is 5.91 Å². The number of carbonyl (C=O) groups excluding carboxylic acids is 1. The minimum atomic E-state index is -0.161. The molecular weight excluding hydrogens is 352 g/mol. The number of hydrogen-bond donors (Lipinski definition) is 1. The van der Waals surface area contributed by atoms with E-state index in [1.54, 1.807) is 10.9 Å². The van der Waals surface area contributed by atoms with Crippen LogP contribution in [-0.4, -0.2) is 29.6 Å². The van der Waals surface area contributed by atoms with E-state index in [4.69, 9.17) is 0 Å². The molecule has 1 amide bonds. The van der Waals surface area contributed by atoms with Crippen LogP contribution in [0.1, 0.15) is 16.2 Å². The first-order valence-electron chi connectivity index (χ1n) is 8.98. The van der Waals surface area contributed by atoms with Gasteiger partial charge in [0.25, 0.3) is 5.91 Å². The number of rotatable bonds is 4. The van der Waals surface area contributed by atoms with E-state index in [0.717, 1.165) is 22.2 Å². The minimum absolute atomic E-state index is 0.161. The van der Waals surface area contributed by atoms with Gasteiger partial charge in [0.15, 0.2) is 0 Å². The van der Waals surface area contributed by atoms with Gasteiger partial charge in [-0.1, -0.05) is 24.3 Å². The summed E-state index contributed by atoms with van der Waals surface area (Å²) in [7, 11) is 1.89. The van der Waals surface area contributed by atoms with E-state index in [1.807, 2.05) is 83.1 Å². The van der Waals surface area contributed by atoms with Crippen molar-refractivity contribution in [2.45, 2.75) is 6.54 Å². The molecule has 138 valence electrons. The van der Waals surface area contributed by atoms with E-state index in [9.17, 15) is 4.79 Å². The highest BCUT2D eigenvalue weighted by molar-refractivity contribution is 6.06. The van der Waals surface area contributed by atoms with Gasteiger partial charge >= 0.3 is 0 Å². The third-order valence-corrected chi connectivity index (χ3v) is 4.81. The van der Waals surface area contributed by atoms with E-state index >= 15 is 0 Å². The van der Waals surface area contributed by atoms with Crippen LogP contribution in [0.2, 0.25) is 0 Å². The van der Waals surface area contributed by atoms with Crippen LogP contribution in [0.25, 0.3) is 16.6 Å². The Morgan fingerprint density at radius 1 is 1.11 bits per heavy atom. The van der Waals surface area contributed by atoms with Crippen LogP contribution in [0.3, 0.4) is 0 Å². The summed E-state index contributed by atoms with van der Waals surface area (Å²) >= 11 is 0. The van der Waals surface area contributed by atoms with Crippen molar-refractivity contribution in [2.75, 3.05) is 5.32 Å². The van der Waals surface area contributed by atoms with Crippen molar-refractivity contribution in [1.82, 2.24) is 23.7 Å². The number of benzene rings is 1. The van der Waals surface area contributed by atoms with Gasteiger partial charge in [-0.3, -0.25) is 9.48 Å². The molecule has 5 rings (SSSR count). The SMILES string of the molecule is Cn1c(C(=O)Nc2cnn(Cc3cn4ccccc4n3)c2)cc2ccccc21. The minimum Gasteiger partial charge on any atom is -0.340 e. The lowest BCUT2D eigenvalue weighted by atomic mass is 10.2. The molecule has 0 aliphatic rings. The molecule has 0 saturated heterocycles. The number of aryl methyl sites for hydroxylation is 1. The van der Waals surface area contributed by atoms with Crippen molar-refractivity contribution < 1.29 is 4.79 Å². The number of hydrogen-bond acceptors (Lipinski definition) is 3. The molecule has 0 bridgehead atoms. The van der Waals surface area contributed by atoms with E-state index in [1.165, 1.54) is 0 Å². The third kappa shape index (κ3) is 2.83. The van der Waals surface area contributed by atoms with Crippen molar-refractivity contribution in [1.29, 1.82) is 0 Å². The van der Waals surface area contributed by atoms with Crippen LogP contribution < -0.4 is 5.32 Å². The Kier molecular flexibility index (Phi) is 3.72. The lowest BCUT2D eigenvalue weighted by Gasteiger charge is -2.04. The van der Waals surface area contributed by atoms with Gasteiger partial charge in [-0.2, -0.15) is 5.10 Å². The third-order valence-electron chi connectivity index (χ3n) is 4.81. The number of anilines is 1. The zero-order valence-electron chi connectivity index (χ0n) is 15.3. The second-order valence-electron chi connectivity index (χ2n) is 6.73. The molecule has 0 atom stereocenters. The zero-order valence-corrected chi connectivity index (χ0v) is 15.3. The standard InChI is InChI=1S/C21H18N6O/c1-25-18-7-3-2-6-15(18)10-19(25)21(28)24-16-11-22-27(13-16)14-17-12-26-9-5-4-8-20(26)23-17/h2-13H,14H2,1H3,(H,24,28). The molecule has 4 heterocycles. The summed E-state index contributed by atoms with van der Waals surface area (Å²) in [5.74, 6) is -0.161. The first-order chi connectivity index (χ1) is 13.7. The Bertz CT molecular complexity index is 1280. The lowest BCUT2D eigenvalue weighted by molar-refractivity contribution is 0.101. The van der Waals surface area contributed by atoms with E-state index in [0.29, 0.717) is 17.9 Å². The zero-order chi connectivity index (χ0) is 19.1. The molecule has 0 unspecified atom stereocenters. The summed E-state index contributed by atoms with van der Waals surface area (Å²) in [6.45, 7) is 0.533. The highest BCUT2D eigenvalue weighted by Crippen LogP contribution is 2.19. The van der Waals surface area contributed by atoms with E-state index in [2.05, 4.69) is 15.4 Å². The van der Waals surface area contributed by atoms with E-state index < -0.39 is 0 Å². The highest BCUT2D eigenvalue weighted by Gasteiger charge is 2.14. The first kappa shape index (κ1) is 16.3. The average molecular weight is 370 g/mol. The first-order valence-corrected chi connectivity index (χ1v) is 8.98. The number of nitrogens with one attached hydrogen (secondary N) is 1. The van der Waals surface area contributed by atoms with Crippen LogP contribution in [-0.2, 0) is 13.6 Å². The van der Waals surface area contributed by atoms with Crippen molar-refractivity contribution >= 4 is 28.1 Å². The van der Waals surface area contributed by atoms with Gasteiger partial charge in [-0.25, -0.2) is 4.98 Å².